The van der Waals surface area contributed by atoms with Crippen molar-refractivity contribution in [2.75, 3.05) is 5.32 Å². The first-order valence-electron chi connectivity index (χ1n) is 5.09. The number of nitrogens with zero attached hydrogens (tertiary/aromatic N) is 1. The van der Waals surface area contributed by atoms with Crippen LogP contribution in [0.3, 0.4) is 0 Å². The Morgan fingerprint density at radius 3 is 2.37 bits per heavy atom. The zero-order valence-electron chi connectivity index (χ0n) is 9.32. The maximum Gasteiger partial charge on any atom is 0.433 e. The molecule has 1 aromatic carbocycles. The fraction of sp³-hybridized carbons (Fsp3) is 0.0909. The van der Waals surface area contributed by atoms with Crippen LogP contribution in [0.15, 0.2) is 28.7 Å². The molecule has 0 unspecified atom stereocenters. The van der Waals surface area contributed by atoms with Crippen LogP contribution >= 0.6 is 34.8 Å². The molecule has 0 bridgehead atoms. The number of nitrogens with one attached hydrogen (secondary N) is 1. The summed E-state index contributed by atoms with van der Waals surface area (Å²) >= 11 is 17.8. The molecule has 0 aliphatic heterocycles. The van der Waals surface area contributed by atoms with Gasteiger partial charge in [-0.2, -0.15) is 0 Å². The highest BCUT2D eigenvalue weighted by molar-refractivity contribution is 6.41. The van der Waals surface area contributed by atoms with Gasteiger partial charge < -0.3 is 9.73 Å². The first-order valence-corrected chi connectivity index (χ1v) is 6.22. The van der Waals surface area contributed by atoms with Crippen LogP contribution in [0.1, 0.15) is 5.76 Å². The molecule has 0 saturated heterocycles. The molecule has 1 N–H and O–H groups in total. The quantitative estimate of drug-likeness (QED) is 0.651. The van der Waals surface area contributed by atoms with Crippen molar-refractivity contribution < 1.29 is 9.34 Å². The zero-order valence-corrected chi connectivity index (χ0v) is 11.6. The van der Waals surface area contributed by atoms with E-state index in [9.17, 15) is 10.1 Å². The fourth-order valence-corrected chi connectivity index (χ4v) is 2.40. The first-order chi connectivity index (χ1) is 8.97. The van der Waals surface area contributed by atoms with Crippen LogP contribution in [0, 0.1) is 10.1 Å². The minimum Gasteiger partial charge on any atom is -0.404 e. The third-order valence-electron chi connectivity index (χ3n) is 2.27. The van der Waals surface area contributed by atoms with Gasteiger partial charge in [0, 0.05) is 5.02 Å². The van der Waals surface area contributed by atoms with E-state index < -0.39 is 4.92 Å². The van der Waals surface area contributed by atoms with Crippen LogP contribution in [-0.2, 0) is 6.54 Å². The Bertz CT molecular complexity index is 604. The van der Waals surface area contributed by atoms with Crippen LogP contribution in [-0.4, -0.2) is 4.92 Å². The van der Waals surface area contributed by atoms with E-state index >= 15 is 0 Å². The second-order valence-corrected chi connectivity index (χ2v) is 4.85. The summed E-state index contributed by atoms with van der Waals surface area (Å²) in [6.07, 6.45) is 0. The summed E-state index contributed by atoms with van der Waals surface area (Å²) in [5, 5.41) is 14.6. The predicted octanol–water partition coefficient (Wildman–Crippen LogP) is 4.76. The molecule has 8 heteroatoms. The maximum absolute atomic E-state index is 10.5. The van der Waals surface area contributed by atoms with Crippen LogP contribution in [0.4, 0.5) is 11.6 Å². The fourth-order valence-electron chi connectivity index (χ4n) is 1.45. The van der Waals surface area contributed by atoms with Crippen molar-refractivity contribution in [2.24, 2.45) is 0 Å². The third-order valence-corrected chi connectivity index (χ3v) is 3.09. The number of hydrogen-bond acceptors (Lipinski definition) is 4. The molecule has 0 saturated carbocycles. The molecule has 0 radical (unpaired) electrons. The van der Waals surface area contributed by atoms with Gasteiger partial charge in [0.05, 0.1) is 28.3 Å². The van der Waals surface area contributed by atoms with Crippen molar-refractivity contribution in [3.05, 3.63) is 55.2 Å². The van der Waals surface area contributed by atoms with Crippen LogP contribution in [0.5, 0.6) is 0 Å². The van der Waals surface area contributed by atoms with Crippen molar-refractivity contribution in [3.8, 4) is 0 Å². The summed E-state index contributed by atoms with van der Waals surface area (Å²) < 4.78 is 5.00. The Morgan fingerprint density at radius 1 is 1.21 bits per heavy atom. The molecule has 0 fully saturated rings. The van der Waals surface area contributed by atoms with Crippen LogP contribution in [0.2, 0.25) is 15.1 Å². The number of rotatable bonds is 4. The average molecular weight is 322 g/mol. The molecule has 2 rings (SSSR count). The molecular weight excluding hydrogens is 314 g/mol. The Morgan fingerprint density at radius 2 is 1.84 bits per heavy atom. The highest BCUT2D eigenvalue weighted by Crippen LogP contribution is 2.34. The molecule has 100 valence electrons. The Hall–Kier alpha value is -1.43. The lowest BCUT2D eigenvalue weighted by Crippen LogP contribution is -1.99. The highest BCUT2D eigenvalue weighted by atomic mass is 35.5. The van der Waals surface area contributed by atoms with Crippen molar-refractivity contribution in [1.29, 1.82) is 0 Å². The van der Waals surface area contributed by atoms with E-state index in [1.807, 2.05) is 0 Å². The van der Waals surface area contributed by atoms with Gasteiger partial charge in [-0.05, 0) is 18.2 Å². The van der Waals surface area contributed by atoms with E-state index in [4.69, 9.17) is 39.2 Å². The van der Waals surface area contributed by atoms with Gasteiger partial charge in [-0.3, -0.25) is 10.1 Å². The van der Waals surface area contributed by atoms with Gasteiger partial charge in [-0.1, -0.05) is 34.8 Å². The van der Waals surface area contributed by atoms with Gasteiger partial charge in [-0.25, -0.2) is 0 Å². The van der Waals surface area contributed by atoms with E-state index in [1.54, 1.807) is 12.1 Å². The van der Waals surface area contributed by atoms with Crippen LogP contribution < -0.4 is 5.32 Å². The molecule has 5 nitrogen and oxygen atoms in total. The minimum atomic E-state index is -0.605. The Balaban J connectivity index is 2.12. The minimum absolute atomic E-state index is 0.217. The molecule has 2 aromatic rings. The summed E-state index contributed by atoms with van der Waals surface area (Å²) in [5.74, 6) is 0.0823. The maximum atomic E-state index is 10.5. The monoisotopic (exact) mass is 320 g/mol. The van der Waals surface area contributed by atoms with E-state index in [-0.39, 0.29) is 12.4 Å². The summed E-state index contributed by atoms with van der Waals surface area (Å²) in [7, 11) is 0. The lowest BCUT2D eigenvalue weighted by Gasteiger charge is -2.09. The summed E-state index contributed by atoms with van der Waals surface area (Å²) in [6, 6.07) is 5.87. The molecule has 0 atom stereocenters. The van der Waals surface area contributed by atoms with Gasteiger partial charge in [0.25, 0.3) is 0 Å². The smallest absolute Gasteiger partial charge is 0.404 e. The SMILES string of the molecule is O=[N+]([O-])c1ccc(CNc2c(Cl)cc(Cl)cc2Cl)o1. The molecule has 0 aliphatic carbocycles. The second-order valence-electron chi connectivity index (χ2n) is 3.60. The summed E-state index contributed by atoms with van der Waals surface area (Å²) in [5.41, 5.74) is 0.492. The molecule has 1 aromatic heterocycles. The van der Waals surface area contributed by atoms with Crippen molar-refractivity contribution in [1.82, 2.24) is 0 Å². The van der Waals surface area contributed by atoms with Crippen molar-refractivity contribution >= 4 is 46.4 Å². The normalized spacial score (nSPS) is 10.5. The predicted molar refractivity (Wildman–Crippen MR) is 74.2 cm³/mol. The number of benzene rings is 1. The summed E-state index contributed by atoms with van der Waals surface area (Å²) in [6.45, 7) is 0.217. The van der Waals surface area contributed by atoms with Crippen molar-refractivity contribution in [3.63, 3.8) is 0 Å². The van der Waals surface area contributed by atoms with Gasteiger partial charge >= 0.3 is 5.88 Å². The number of furan rings is 1. The standard InChI is InChI=1S/C11H7Cl3N2O3/c12-6-3-8(13)11(9(14)4-6)15-5-7-1-2-10(19-7)16(17)18/h1-4,15H,5H2. The number of nitro groups is 1. The zero-order chi connectivity index (χ0) is 14.0. The van der Waals surface area contributed by atoms with Gasteiger partial charge in [0.2, 0.25) is 0 Å². The number of hydrogen-bond donors (Lipinski definition) is 1. The van der Waals surface area contributed by atoms with E-state index in [1.165, 1.54) is 12.1 Å². The lowest BCUT2D eigenvalue weighted by molar-refractivity contribution is -0.402. The Labute approximate surface area is 123 Å². The van der Waals surface area contributed by atoms with E-state index in [0.717, 1.165) is 0 Å². The number of anilines is 1. The van der Waals surface area contributed by atoms with Crippen LogP contribution in [0.25, 0.3) is 0 Å². The summed E-state index contributed by atoms with van der Waals surface area (Å²) in [4.78, 5) is 9.86. The molecule has 0 spiro atoms. The highest BCUT2D eigenvalue weighted by Gasteiger charge is 2.13. The largest absolute Gasteiger partial charge is 0.433 e. The Kier molecular flexibility index (Phi) is 4.19. The molecule has 0 aliphatic rings. The van der Waals surface area contributed by atoms with Gasteiger partial charge in [-0.15, -0.1) is 0 Å². The lowest BCUT2D eigenvalue weighted by atomic mass is 10.3. The topological polar surface area (TPSA) is 68.3 Å². The van der Waals surface area contributed by atoms with Gasteiger partial charge in [0.15, 0.2) is 0 Å². The van der Waals surface area contributed by atoms with Gasteiger partial charge in [0.1, 0.15) is 10.7 Å². The second kappa shape index (κ2) is 5.69. The number of halogens is 3. The third kappa shape index (κ3) is 3.32. The molecule has 1 heterocycles. The van der Waals surface area contributed by atoms with E-state index in [0.29, 0.717) is 26.5 Å². The molecule has 0 amide bonds. The first kappa shape index (κ1) is 14.0. The molecular formula is C11H7Cl3N2O3. The average Bonchev–Trinajstić information content (AvgIpc) is 2.76. The van der Waals surface area contributed by atoms with Crippen molar-refractivity contribution in [2.45, 2.75) is 6.54 Å². The molecule has 19 heavy (non-hydrogen) atoms. The van der Waals surface area contributed by atoms with E-state index in [2.05, 4.69) is 5.32 Å².